The van der Waals surface area contributed by atoms with Gasteiger partial charge in [-0.3, -0.25) is 19.2 Å². The van der Waals surface area contributed by atoms with Crippen LogP contribution in [0.25, 0.3) is 0 Å². The van der Waals surface area contributed by atoms with Crippen molar-refractivity contribution in [3.8, 4) is 0 Å². The van der Waals surface area contributed by atoms with Crippen molar-refractivity contribution < 1.29 is 78.9 Å². The van der Waals surface area contributed by atoms with E-state index in [0.29, 0.717) is 23.4 Å². The Balaban J connectivity index is 2.26. The molecule has 4 atom stereocenters. The summed E-state index contributed by atoms with van der Waals surface area (Å²) < 4.78 is 101. The summed E-state index contributed by atoms with van der Waals surface area (Å²) in [5.74, 6) is -7.26. The molecule has 1 saturated carbocycles. The summed E-state index contributed by atoms with van der Waals surface area (Å²) >= 11 is 23.0. The van der Waals surface area contributed by atoms with E-state index in [-0.39, 0.29) is 32.4 Å². The number of unbranched alkanes of at least 4 members (excludes halogenated alkanes) is 1. The minimum atomic E-state index is -5.26. The van der Waals surface area contributed by atoms with Crippen molar-refractivity contribution in [1.29, 1.82) is 0 Å². The van der Waals surface area contributed by atoms with Crippen molar-refractivity contribution >= 4 is 88.3 Å². The Labute approximate surface area is 396 Å². The van der Waals surface area contributed by atoms with Crippen LogP contribution < -0.4 is 26.6 Å². The summed E-state index contributed by atoms with van der Waals surface area (Å²) in [4.78, 5) is 90.8. The summed E-state index contributed by atoms with van der Waals surface area (Å²) in [5.41, 5.74) is -0.620. The lowest BCUT2D eigenvalue weighted by Gasteiger charge is -2.28. The molecule has 26 heteroatoms. The van der Waals surface area contributed by atoms with Crippen molar-refractivity contribution in [2.45, 2.75) is 156 Å². The number of hydrogen-bond acceptors (Lipinski definition) is 11. The van der Waals surface area contributed by atoms with Gasteiger partial charge in [0.1, 0.15) is 49.1 Å². The van der Waals surface area contributed by atoms with Gasteiger partial charge in [-0.25, -0.2) is 14.4 Å². The highest BCUT2D eigenvalue weighted by Gasteiger charge is 2.42. The van der Waals surface area contributed by atoms with Gasteiger partial charge in [0.05, 0.1) is 12.8 Å². The van der Waals surface area contributed by atoms with Gasteiger partial charge in [-0.05, 0) is 78.2 Å². The van der Waals surface area contributed by atoms with Crippen molar-refractivity contribution in [3.05, 3.63) is 34.9 Å². The van der Waals surface area contributed by atoms with Gasteiger partial charge >= 0.3 is 36.5 Å². The molecule has 0 bridgehead atoms. The molecule has 2 rings (SSSR count). The van der Waals surface area contributed by atoms with Crippen LogP contribution in [0.4, 0.5) is 35.9 Å². The first-order chi connectivity index (χ1) is 30.5. The highest BCUT2D eigenvalue weighted by atomic mass is 35.6. The minimum absolute atomic E-state index is 0.0363. The van der Waals surface area contributed by atoms with Crippen molar-refractivity contribution in [3.63, 3.8) is 0 Å². The number of ether oxygens (including phenoxy) is 4. The molecule has 0 radical (unpaired) electrons. The smallest absolute Gasteiger partial charge is 0.408 e. The third-order valence-electron chi connectivity index (χ3n) is 9.12. The number of halogens is 10. The number of benzene rings is 1. The molecular formula is C40H53Cl4F6N5O11. The van der Waals surface area contributed by atoms with Gasteiger partial charge in [-0.2, -0.15) is 26.3 Å². The van der Waals surface area contributed by atoms with Gasteiger partial charge < -0.3 is 45.5 Å². The molecule has 0 saturated heterocycles. The number of alkyl halides is 9. The molecule has 1 aromatic rings. The van der Waals surface area contributed by atoms with Crippen LogP contribution in [0.2, 0.25) is 5.02 Å². The molecule has 1 fully saturated rings. The standard InChI is InChI=1S/C40H53Cl4F6N5O11/c1-37(2,3)66-36(62)55-26(16-17-30(56)65-24-12-5-4-6-13-24)31(57)53-29(20-40(48,49)50)33(59)54-28(19-39(45,46)47)32(58)52-27(34(60)64-22-38(42,43)44)15-9-10-18-51-35(61)63-21-23-11-7-8-14-25(23)41/h7-8,11,14,24,26-29H,4-6,9-10,12-13,15-22H2,1-3H3,(H,51,61)(H,52,58)(H,53,57)(H,54,59)(H,55,62)/t26-,27-,28-,29-/m0/s1. The molecule has 0 aromatic heterocycles. The summed E-state index contributed by atoms with van der Waals surface area (Å²) in [6, 6.07) is -2.52. The first kappa shape index (κ1) is 58.0. The van der Waals surface area contributed by atoms with E-state index in [1.54, 1.807) is 34.9 Å². The zero-order valence-electron chi connectivity index (χ0n) is 36.1. The predicted octanol–water partition coefficient (Wildman–Crippen LogP) is 7.56. The second kappa shape index (κ2) is 27.0. The number of nitrogens with one attached hydrogen (secondary N) is 5. The molecule has 1 aliphatic carbocycles. The molecule has 5 amide bonds. The van der Waals surface area contributed by atoms with E-state index in [2.05, 4.69) is 10.6 Å². The van der Waals surface area contributed by atoms with Crippen LogP contribution >= 0.6 is 46.4 Å². The Morgan fingerprint density at radius 1 is 0.697 bits per heavy atom. The van der Waals surface area contributed by atoms with E-state index in [1.165, 1.54) is 20.8 Å². The maximum Gasteiger partial charge on any atom is 0.408 e. The fourth-order valence-corrected chi connectivity index (χ4v) is 6.44. The molecular weight excluding hydrogens is 982 g/mol. The lowest BCUT2D eigenvalue weighted by atomic mass is 9.98. The first-order valence-electron chi connectivity index (χ1n) is 20.6. The van der Waals surface area contributed by atoms with Crippen LogP contribution in [0.15, 0.2) is 24.3 Å². The van der Waals surface area contributed by atoms with Crippen LogP contribution in [0.3, 0.4) is 0 Å². The maximum absolute atomic E-state index is 13.9. The highest BCUT2D eigenvalue weighted by molar-refractivity contribution is 6.67. The number of hydrogen-bond donors (Lipinski definition) is 5. The zero-order chi connectivity index (χ0) is 49.9. The lowest BCUT2D eigenvalue weighted by molar-refractivity contribution is -0.158. The van der Waals surface area contributed by atoms with E-state index in [9.17, 15) is 59.9 Å². The van der Waals surface area contributed by atoms with Crippen molar-refractivity contribution in [2.75, 3.05) is 13.2 Å². The summed E-state index contributed by atoms with van der Waals surface area (Å²) in [7, 11) is 0. The van der Waals surface area contributed by atoms with E-state index in [0.717, 1.165) is 19.3 Å². The van der Waals surface area contributed by atoms with E-state index >= 15 is 0 Å². The molecule has 0 aliphatic heterocycles. The fraction of sp³-hybridized carbons (Fsp3) is 0.675. The SMILES string of the molecule is CC(C)(C)OC(=O)N[C@@H](CCC(=O)OC1CCCCC1)C(=O)N[C@@H](CC(F)(F)F)C(=O)N[C@@H](CC(F)(F)F)C(=O)N[C@@H](CCCCNC(=O)OCc1ccccc1Cl)C(=O)OCC(Cl)(Cl)Cl. The van der Waals surface area contributed by atoms with Gasteiger partial charge in [0.25, 0.3) is 0 Å². The molecule has 1 aliphatic rings. The monoisotopic (exact) mass is 1030 g/mol. The maximum atomic E-state index is 13.9. The lowest BCUT2D eigenvalue weighted by Crippen LogP contribution is -2.59. The van der Waals surface area contributed by atoms with Gasteiger partial charge in [-0.1, -0.05) is 71.0 Å². The molecule has 0 heterocycles. The Kier molecular flexibility index (Phi) is 23.7. The van der Waals surface area contributed by atoms with Crippen molar-refractivity contribution in [2.24, 2.45) is 0 Å². The number of esters is 2. The Bertz CT molecular complexity index is 1800. The fourth-order valence-electron chi connectivity index (χ4n) is 6.08. The van der Waals surface area contributed by atoms with Crippen LogP contribution in [-0.2, 0) is 49.5 Å². The summed E-state index contributed by atoms with van der Waals surface area (Å²) in [6.45, 7) is 3.24. The van der Waals surface area contributed by atoms with Crippen LogP contribution in [-0.4, -0.2) is 107 Å². The summed E-state index contributed by atoms with van der Waals surface area (Å²) in [6.07, 6.45) is -15.1. The third kappa shape index (κ3) is 25.7. The topological polar surface area (TPSA) is 217 Å². The third-order valence-corrected chi connectivity index (χ3v) is 9.81. The molecule has 66 heavy (non-hydrogen) atoms. The second-order valence-corrected chi connectivity index (χ2v) is 19.0. The number of carbonyl (C=O) groups is 7. The second-order valence-electron chi connectivity index (χ2n) is 16.1. The molecule has 0 unspecified atom stereocenters. The number of carbonyl (C=O) groups excluding carboxylic acids is 7. The Hall–Kier alpha value is -4.15. The first-order valence-corrected chi connectivity index (χ1v) is 22.1. The zero-order valence-corrected chi connectivity index (χ0v) is 39.1. The number of rotatable bonds is 22. The summed E-state index contributed by atoms with van der Waals surface area (Å²) in [5, 5.41) is 10.2. The van der Waals surface area contributed by atoms with E-state index < -0.39 is 126 Å². The molecule has 16 nitrogen and oxygen atoms in total. The predicted molar refractivity (Wildman–Crippen MR) is 227 cm³/mol. The number of alkyl carbamates (subject to hydrolysis) is 2. The van der Waals surface area contributed by atoms with E-state index in [1.807, 2.05) is 5.32 Å². The van der Waals surface area contributed by atoms with Crippen LogP contribution in [0.1, 0.15) is 103 Å². The largest absolute Gasteiger partial charge is 0.462 e. The molecule has 374 valence electrons. The molecule has 5 N–H and O–H groups in total. The van der Waals surface area contributed by atoms with Crippen LogP contribution in [0, 0.1) is 0 Å². The number of amides is 5. The molecule has 0 spiro atoms. The highest BCUT2D eigenvalue weighted by Crippen LogP contribution is 2.27. The van der Waals surface area contributed by atoms with Gasteiger partial charge in [-0.15, -0.1) is 0 Å². The normalized spacial score (nSPS) is 15.5. The average molecular weight is 1040 g/mol. The molecule has 1 aromatic carbocycles. The minimum Gasteiger partial charge on any atom is -0.462 e. The Morgan fingerprint density at radius 2 is 1.24 bits per heavy atom. The Morgan fingerprint density at radius 3 is 1.77 bits per heavy atom. The van der Waals surface area contributed by atoms with Crippen LogP contribution in [0.5, 0.6) is 0 Å². The van der Waals surface area contributed by atoms with E-state index in [4.69, 9.17) is 65.4 Å². The quantitative estimate of drug-likeness (QED) is 0.0251. The van der Waals surface area contributed by atoms with Crippen molar-refractivity contribution in [1.82, 2.24) is 26.6 Å². The van der Waals surface area contributed by atoms with Gasteiger partial charge in [0.15, 0.2) is 0 Å². The van der Waals surface area contributed by atoms with Gasteiger partial charge in [0.2, 0.25) is 21.5 Å². The van der Waals surface area contributed by atoms with Gasteiger partial charge in [0, 0.05) is 23.6 Å². The average Bonchev–Trinajstić information content (AvgIpc) is 3.18.